The smallest absolute Gasteiger partial charge is 0.146 e. The van der Waals surface area contributed by atoms with Crippen LogP contribution in [0.3, 0.4) is 0 Å². The minimum Gasteiger partial charge on any atom is -0.411 e. The summed E-state index contributed by atoms with van der Waals surface area (Å²) in [4.78, 5) is 2.07. The summed E-state index contributed by atoms with van der Waals surface area (Å²) in [6.45, 7) is 1.10. The molecule has 2 aromatic carbocycles. The normalized spacial score (nSPS) is 16.1. The second-order valence-corrected chi connectivity index (χ2v) is 5.36. The first-order valence-corrected chi connectivity index (χ1v) is 7.06. The topological polar surface area (TPSA) is 35.8 Å². The van der Waals surface area contributed by atoms with Crippen molar-refractivity contribution in [2.24, 2.45) is 5.16 Å². The lowest BCUT2D eigenvalue weighted by atomic mass is 9.99. The zero-order valence-corrected chi connectivity index (χ0v) is 12.0. The van der Waals surface area contributed by atoms with Crippen LogP contribution < -0.4 is 4.90 Å². The zero-order chi connectivity index (χ0) is 14.8. The molecular weight excluding hydrogens is 291 g/mol. The monoisotopic (exact) mass is 304 g/mol. The van der Waals surface area contributed by atoms with Crippen molar-refractivity contribution in [2.75, 3.05) is 11.4 Å². The second kappa shape index (κ2) is 5.74. The van der Waals surface area contributed by atoms with E-state index in [0.717, 1.165) is 11.3 Å². The van der Waals surface area contributed by atoms with Gasteiger partial charge in [-0.2, -0.15) is 0 Å². The summed E-state index contributed by atoms with van der Waals surface area (Å²) in [5.74, 6) is -0.377. The maximum absolute atomic E-state index is 14.1. The molecule has 0 saturated heterocycles. The molecule has 3 nitrogen and oxygen atoms in total. The van der Waals surface area contributed by atoms with Gasteiger partial charge in [-0.05, 0) is 12.1 Å². The van der Waals surface area contributed by atoms with E-state index >= 15 is 0 Å². The molecule has 1 heterocycles. The van der Waals surface area contributed by atoms with E-state index in [1.807, 2.05) is 24.3 Å². The number of benzene rings is 2. The summed E-state index contributed by atoms with van der Waals surface area (Å²) >= 11 is 5.83. The Hall–Kier alpha value is -2.07. The Morgan fingerprint density at radius 1 is 1.19 bits per heavy atom. The zero-order valence-electron chi connectivity index (χ0n) is 11.3. The Bertz CT molecular complexity index is 702. The van der Waals surface area contributed by atoms with Crippen molar-refractivity contribution in [3.63, 3.8) is 0 Å². The van der Waals surface area contributed by atoms with Crippen LogP contribution in [0.15, 0.2) is 47.6 Å². The highest BCUT2D eigenvalue weighted by atomic mass is 35.5. The summed E-state index contributed by atoms with van der Waals surface area (Å²) in [6, 6.07) is 12.7. The number of rotatable bonds is 2. The van der Waals surface area contributed by atoms with E-state index in [0.29, 0.717) is 30.8 Å². The average molecular weight is 305 g/mol. The number of anilines is 1. The predicted octanol–water partition coefficient (Wildman–Crippen LogP) is 4.07. The first kappa shape index (κ1) is 13.9. The van der Waals surface area contributed by atoms with Crippen molar-refractivity contribution in [1.29, 1.82) is 0 Å². The van der Waals surface area contributed by atoms with Crippen LogP contribution >= 0.6 is 11.6 Å². The van der Waals surface area contributed by atoms with Gasteiger partial charge in [-0.3, -0.25) is 0 Å². The molecule has 0 amide bonds. The van der Waals surface area contributed by atoms with E-state index in [1.54, 1.807) is 18.2 Å². The van der Waals surface area contributed by atoms with Crippen molar-refractivity contribution < 1.29 is 9.60 Å². The van der Waals surface area contributed by atoms with Gasteiger partial charge in [-0.1, -0.05) is 47.1 Å². The van der Waals surface area contributed by atoms with Crippen LogP contribution in [0.25, 0.3) is 0 Å². The van der Waals surface area contributed by atoms with Gasteiger partial charge in [0.05, 0.1) is 10.7 Å². The first-order chi connectivity index (χ1) is 10.2. The highest BCUT2D eigenvalue weighted by Gasteiger charge is 2.22. The summed E-state index contributed by atoms with van der Waals surface area (Å²) in [7, 11) is 0. The predicted molar refractivity (Wildman–Crippen MR) is 81.8 cm³/mol. The molecule has 0 aromatic heterocycles. The van der Waals surface area contributed by atoms with E-state index in [9.17, 15) is 4.39 Å². The third kappa shape index (κ3) is 2.59. The quantitative estimate of drug-likeness (QED) is 0.670. The minimum atomic E-state index is -0.377. The van der Waals surface area contributed by atoms with E-state index in [2.05, 4.69) is 10.1 Å². The molecule has 1 N–H and O–H groups in total. The Labute approximate surface area is 127 Å². The number of hydrogen-bond acceptors (Lipinski definition) is 3. The molecule has 0 unspecified atom stereocenters. The van der Waals surface area contributed by atoms with Crippen LogP contribution in [-0.4, -0.2) is 17.5 Å². The molecule has 0 atom stereocenters. The lowest BCUT2D eigenvalue weighted by Gasteiger charge is -2.31. The van der Waals surface area contributed by atoms with E-state index in [-0.39, 0.29) is 10.8 Å². The van der Waals surface area contributed by atoms with Gasteiger partial charge in [0, 0.05) is 36.3 Å². The summed E-state index contributed by atoms with van der Waals surface area (Å²) in [5, 5.41) is 12.6. The molecule has 0 bridgehead atoms. The lowest BCUT2D eigenvalue weighted by molar-refractivity contribution is 0.317. The van der Waals surface area contributed by atoms with Crippen LogP contribution in [0.1, 0.15) is 17.5 Å². The van der Waals surface area contributed by atoms with Crippen molar-refractivity contribution in [3.8, 4) is 0 Å². The molecular formula is C16H14ClFN2O. The molecule has 0 spiro atoms. The Morgan fingerprint density at radius 3 is 2.81 bits per heavy atom. The van der Waals surface area contributed by atoms with Gasteiger partial charge >= 0.3 is 0 Å². The molecule has 0 fully saturated rings. The van der Waals surface area contributed by atoms with Crippen molar-refractivity contribution >= 4 is 23.0 Å². The van der Waals surface area contributed by atoms with Crippen LogP contribution in [0.2, 0.25) is 5.02 Å². The molecule has 2 aromatic rings. The van der Waals surface area contributed by atoms with E-state index in [1.165, 1.54) is 0 Å². The highest BCUT2D eigenvalue weighted by molar-refractivity contribution is 6.30. The summed E-state index contributed by atoms with van der Waals surface area (Å²) < 4.78 is 14.1. The standard InChI is InChI=1S/C16H14ClFN2O/c17-13-6-3-4-11(16(13)18)10-20-9-8-14(19-21)12-5-1-2-7-15(12)20/h1-7,21H,8-10H2/b19-14-. The average Bonchev–Trinajstić information content (AvgIpc) is 2.52. The number of halogens is 2. The fourth-order valence-corrected chi connectivity index (χ4v) is 2.83. The minimum absolute atomic E-state index is 0.135. The van der Waals surface area contributed by atoms with Gasteiger partial charge in [-0.25, -0.2) is 4.39 Å². The Balaban J connectivity index is 1.96. The number of oxime groups is 1. The largest absolute Gasteiger partial charge is 0.411 e. The van der Waals surface area contributed by atoms with Crippen molar-refractivity contribution in [2.45, 2.75) is 13.0 Å². The Morgan fingerprint density at radius 2 is 2.00 bits per heavy atom. The maximum atomic E-state index is 14.1. The van der Waals surface area contributed by atoms with Crippen LogP contribution in [-0.2, 0) is 6.54 Å². The summed E-state index contributed by atoms with van der Waals surface area (Å²) in [5.41, 5.74) is 3.04. The fraction of sp³-hybridized carbons (Fsp3) is 0.188. The molecule has 0 saturated carbocycles. The number of nitrogens with zero attached hydrogens (tertiary/aromatic N) is 2. The molecule has 1 aliphatic heterocycles. The Kier molecular flexibility index (Phi) is 3.80. The van der Waals surface area contributed by atoms with Crippen LogP contribution in [0.5, 0.6) is 0 Å². The molecule has 5 heteroatoms. The fourth-order valence-electron chi connectivity index (χ4n) is 2.63. The van der Waals surface area contributed by atoms with E-state index in [4.69, 9.17) is 16.8 Å². The molecule has 21 heavy (non-hydrogen) atoms. The molecule has 0 aliphatic carbocycles. The summed E-state index contributed by atoms with van der Waals surface area (Å²) in [6.07, 6.45) is 0.621. The third-order valence-corrected chi connectivity index (χ3v) is 3.98. The van der Waals surface area contributed by atoms with Gasteiger partial charge in [0.25, 0.3) is 0 Å². The number of fused-ring (bicyclic) bond motifs is 1. The van der Waals surface area contributed by atoms with Gasteiger partial charge < -0.3 is 10.1 Å². The lowest BCUT2D eigenvalue weighted by Crippen LogP contribution is -2.32. The maximum Gasteiger partial charge on any atom is 0.146 e. The number of para-hydroxylation sites is 1. The van der Waals surface area contributed by atoms with Crippen molar-refractivity contribution in [1.82, 2.24) is 0 Å². The number of hydrogen-bond donors (Lipinski definition) is 1. The van der Waals surface area contributed by atoms with Gasteiger partial charge in [0.2, 0.25) is 0 Å². The first-order valence-electron chi connectivity index (χ1n) is 6.69. The van der Waals surface area contributed by atoms with Crippen LogP contribution in [0, 0.1) is 5.82 Å². The molecule has 1 aliphatic rings. The molecule has 108 valence electrons. The van der Waals surface area contributed by atoms with Crippen molar-refractivity contribution in [3.05, 3.63) is 64.4 Å². The van der Waals surface area contributed by atoms with Crippen LogP contribution in [0.4, 0.5) is 10.1 Å². The van der Waals surface area contributed by atoms with Gasteiger partial charge in [0.15, 0.2) is 0 Å². The molecule has 0 radical (unpaired) electrons. The van der Waals surface area contributed by atoms with E-state index < -0.39 is 0 Å². The second-order valence-electron chi connectivity index (χ2n) is 4.95. The highest BCUT2D eigenvalue weighted by Crippen LogP contribution is 2.29. The third-order valence-electron chi connectivity index (χ3n) is 3.69. The SMILES string of the molecule is O/N=C1/CCN(Cc2cccc(Cl)c2F)c2ccccc21. The van der Waals surface area contributed by atoms with Gasteiger partial charge in [0.1, 0.15) is 5.82 Å². The van der Waals surface area contributed by atoms with Gasteiger partial charge in [-0.15, -0.1) is 0 Å². The molecule has 3 rings (SSSR count).